The summed E-state index contributed by atoms with van der Waals surface area (Å²) >= 11 is 4.27. The fourth-order valence-corrected chi connectivity index (χ4v) is 11.5. The molecule has 0 saturated heterocycles. The van der Waals surface area contributed by atoms with Crippen molar-refractivity contribution in [3.8, 4) is 11.1 Å². The molecule has 0 amide bonds. The van der Waals surface area contributed by atoms with E-state index in [1.807, 2.05) is 0 Å². The average molecular weight is 521 g/mol. The minimum absolute atomic E-state index is 0.0229. The normalized spacial score (nSPS) is 30.2. The van der Waals surface area contributed by atoms with E-state index in [1.165, 1.54) is 45.1 Å². The zero-order valence-electron chi connectivity index (χ0n) is 21.3. The third-order valence-corrected chi connectivity index (χ3v) is 12.8. The monoisotopic (exact) mass is 520 g/mol. The van der Waals surface area contributed by atoms with E-state index in [-0.39, 0.29) is 5.41 Å². The fraction of sp³-hybridized carbons (Fsp3) is 0.273. The molecular formula is C33H32N2S2+2. The van der Waals surface area contributed by atoms with Gasteiger partial charge in [0.25, 0.3) is 0 Å². The summed E-state index contributed by atoms with van der Waals surface area (Å²) in [6.45, 7) is 0. The third-order valence-electron chi connectivity index (χ3n) is 9.71. The van der Waals surface area contributed by atoms with Gasteiger partial charge in [0.1, 0.15) is 22.1 Å². The van der Waals surface area contributed by atoms with Crippen LogP contribution >= 0.6 is 23.5 Å². The van der Waals surface area contributed by atoms with E-state index in [4.69, 9.17) is 0 Å². The number of hydrogen-bond donors (Lipinski definition) is 2. The van der Waals surface area contributed by atoms with E-state index in [9.17, 15) is 0 Å². The molecule has 4 aliphatic rings. The van der Waals surface area contributed by atoms with Crippen LogP contribution in [0.1, 0.15) is 24.0 Å². The maximum Gasteiger partial charge on any atom is 0.147 e. The molecular weight excluding hydrogens is 489 g/mol. The Morgan fingerprint density at radius 2 is 0.973 bits per heavy atom. The molecule has 2 N–H and O–H groups in total. The molecule has 2 nitrogen and oxygen atoms in total. The zero-order chi connectivity index (χ0) is 24.7. The second-order valence-corrected chi connectivity index (χ2v) is 13.6. The van der Waals surface area contributed by atoms with Gasteiger partial charge in [0.2, 0.25) is 0 Å². The molecule has 0 radical (unpaired) electrons. The highest BCUT2D eigenvalue weighted by molar-refractivity contribution is 8.00. The van der Waals surface area contributed by atoms with E-state index < -0.39 is 0 Å². The Morgan fingerprint density at radius 3 is 1.43 bits per heavy atom. The fourth-order valence-electron chi connectivity index (χ4n) is 8.29. The predicted molar refractivity (Wildman–Crippen MR) is 154 cm³/mol. The van der Waals surface area contributed by atoms with Crippen molar-refractivity contribution in [2.75, 3.05) is 14.1 Å². The molecule has 0 aromatic heterocycles. The molecule has 1 spiro atoms. The number of hydrogen-bond acceptors (Lipinski definition) is 2. The summed E-state index contributed by atoms with van der Waals surface area (Å²) in [7, 11) is 4.82. The number of para-hydroxylation sites is 2. The quantitative estimate of drug-likeness (QED) is 0.359. The van der Waals surface area contributed by atoms with Crippen molar-refractivity contribution < 1.29 is 9.80 Å². The van der Waals surface area contributed by atoms with Gasteiger partial charge in [-0.15, -0.1) is 0 Å². The largest absolute Gasteiger partial charge is 0.292 e. The van der Waals surface area contributed by atoms with Gasteiger partial charge in [0.15, 0.2) is 0 Å². The number of nitrogens with one attached hydrogen (secondary N) is 2. The Kier molecular flexibility index (Phi) is 5.01. The maximum absolute atomic E-state index is 2.48. The molecule has 2 aliphatic carbocycles. The lowest BCUT2D eigenvalue weighted by Crippen LogP contribution is -3.08. The van der Waals surface area contributed by atoms with Crippen molar-refractivity contribution in [1.29, 1.82) is 0 Å². The van der Waals surface area contributed by atoms with Gasteiger partial charge in [-0.05, 0) is 47.2 Å². The van der Waals surface area contributed by atoms with Gasteiger partial charge in [-0.3, -0.25) is 9.80 Å². The average Bonchev–Trinajstić information content (AvgIpc) is 3.67. The maximum atomic E-state index is 2.48. The lowest BCUT2D eigenvalue weighted by atomic mass is 9.64. The predicted octanol–water partition coefficient (Wildman–Crippen LogP) is 5.54. The van der Waals surface area contributed by atoms with Crippen LogP contribution in [0, 0.1) is 11.8 Å². The Hall–Kier alpha value is -2.50. The van der Waals surface area contributed by atoms with Crippen molar-refractivity contribution in [1.82, 2.24) is 0 Å². The molecule has 1 fully saturated rings. The van der Waals surface area contributed by atoms with Crippen LogP contribution in [0.25, 0.3) is 11.1 Å². The smallest absolute Gasteiger partial charge is 0.147 e. The number of fused-ring (bicyclic) bond motifs is 7. The second-order valence-electron chi connectivity index (χ2n) is 11.2. The first-order chi connectivity index (χ1) is 18.2. The van der Waals surface area contributed by atoms with Crippen LogP contribution in [-0.4, -0.2) is 24.8 Å². The van der Waals surface area contributed by atoms with Gasteiger partial charge in [0, 0.05) is 29.4 Å². The summed E-state index contributed by atoms with van der Waals surface area (Å²) in [5.41, 5.74) is 9.06. The highest BCUT2D eigenvalue weighted by Gasteiger charge is 2.65. The summed E-state index contributed by atoms with van der Waals surface area (Å²) < 4.78 is 0. The van der Waals surface area contributed by atoms with Crippen LogP contribution in [0.4, 0.5) is 11.4 Å². The number of rotatable bonds is 2. The van der Waals surface area contributed by atoms with Gasteiger partial charge < -0.3 is 0 Å². The van der Waals surface area contributed by atoms with Crippen LogP contribution in [0.3, 0.4) is 0 Å². The summed E-state index contributed by atoms with van der Waals surface area (Å²) in [5, 5.41) is 1.02. The van der Waals surface area contributed by atoms with E-state index in [2.05, 4.69) is 135 Å². The van der Waals surface area contributed by atoms with Crippen LogP contribution < -0.4 is 9.80 Å². The van der Waals surface area contributed by atoms with Crippen molar-refractivity contribution in [3.05, 3.63) is 108 Å². The third kappa shape index (κ3) is 2.93. The van der Waals surface area contributed by atoms with Crippen molar-refractivity contribution in [3.63, 3.8) is 0 Å². The van der Waals surface area contributed by atoms with Crippen molar-refractivity contribution >= 4 is 34.9 Å². The van der Waals surface area contributed by atoms with Gasteiger partial charge in [0.05, 0.1) is 23.9 Å². The minimum atomic E-state index is 0.0229. The van der Waals surface area contributed by atoms with Crippen molar-refractivity contribution in [2.45, 2.75) is 38.8 Å². The highest BCUT2D eigenvalue weighted by atomic mass is 32.2. The van der Waals surface area contributed by atoms with Crippen LogP contribution in [-0.2, 0) is 5.41 Å². The molecule has 37 heavy (non-hydrogen) atoms. The summed E-state index contributed by atoms with van der Waals surface area (Å²) in [6.07, 6.45) is 2.55. The Bertz CT molecular complexity index is 1420. The summed E-state index contributed by atoms with van der Waals surface area (Å²) in [4.78, 5) is 6.09. The first kappa shape index (κ1) is 22.5. The SMILES string of the molecule is C[NH+]1c2ccccc2SC1C1CCC(C2Sc3ccccc3[NH+]2C)C12c1ccccc1-c1ccccc12. The van der Waals surface area contributed by atoms with E-state index in [0.717, 1.165) is 0 Å². The van der Waals surface area contributed by atoms with Crippen LogP contribution in [0.15, 0.2) is 107 Å². The molecule has 8 rings (SSSR count). The summed E-state index contributed by atoms with van der Waals surface area (Å²) in [6, 6.07) is 37.0. The Morgan fingerprint density at radius 1 is 0.568 bits per heavy atom. The van der Waals surface area contributed by atoms with E-state index >= 15 is 0 Å². The molecule has 1 saturated carbocycles. The first-order valence-corrected chi connectivity index (χ1v) is 15.3. The molecule has 6 unspecified atom stereocenters. The van der Waals surface area contributed by atoms with Crippen LogP contribution in [0.2, 0.25) is 0 Å². The minimum Gasteiger partial charge on any atom is -0.292 e. The summed E-state index contributed by atoms with van der Waals surface area (Å²) in [5.74, 6) is 1.13. The van der Waals surface area contributed by atoms with Gasteiger partial charge in [-0.2, -0.15) is 0 Å². The van der Waals surface area contributed by atoms with Crippen LogP contribution in [0.5, 0.6) is 0 Å². The molecule has 2 heterocycles. The van der Waals surface area contributed by atoms with E-state index in [1.54, 1.807) is 20.9 Å². The lowest BCUT2D eigenvalue weighted by Gasteiger charge is -2.43. The van der Waals surface area contributed by atoms with Crippen molar-refractivity contribution in [2.24, 2.45) is 11.8 Å². The van der Waals surface area contributed by atoms with Gasteiger partial charge in [-0.25, -0.2) is 0 Å². The molecule has 6 atom stereocenters. The molecule has 4 aromatic carbocycles. The van der Waals surface area contributed by atoms with E-state index in [0.29, 0.717) is 22.6 Å². The molecule has 184 valence electrons. The molecule has 0 bridgehead atoms. The van der Waals surface area contributed by atoms with Gasteiger partial charge >= 0.3 is 0 Å². The second kappa shape index (κ2) is 8.25. The molecule has 2 aliphatic heterocycles. The molecule has 4 aromatic rings. The molecule has 4 heteroatoms. The Labute approximate surface area is 228 Å². The lowest BCUT2D eigenvalue weighted by molar-refractivity contribution is -0.828. The zero-order valence-corrected chi connectivity index (χ0v) is 22.9. The first-order valence-electron chi connectivity index (χ1n) is 13.6. The Balaban J connectivity index is 1.34. The highest BCUT2D eigenvalue weighted by Crippen LogP contribution is 2.65. The standard InChI is InChI=1S/C33H30N2S2/c1-34-27-15-7-9-17-29(27)36-31(34)25-19-20-26(32-35(2)28-16-8-10-18-30(28)37-32)33(25)23-13-5-3-11-21(23)22-12-4-6-14-24(22)33/h3-18,25-26,31-32H,19-20H2,1-2H3/p+2. The number of thioether (sulfide) groups is 2. The number of quaternary nitrogens is 2. The number of benzene rings is 4. The van der Waals surface area contributed by atoms with Gasteiger partial charge in [-0.1, -0.05) is 96.3 Å². The topological polar surface area (TPSA) is 8.88 Å².